The quantitative estimate of drug-likeness (QED) is 0.369. The first-order valence-corrected chi connectivity index (χ1v) is 12.3. The minimum atomic E-state index is -0.541. The SMILES string of the molecule is C=C/C(=C\C=C/N)c1ccc(N2C(=O)C(O)=C(C(=O)c3ccc(OC)cc3)C2C2CCCCC2)cc1. The summed E-state index contributed by atoms with van der Waals surface area (Å²) in [5, 5.41) is 11.0. The van der Waals surface area contributed by atoms with Gasteiger partial charge in [0.2, 0.25) is 0 Å². The van der Waals surface area contributed by atoms with Gasteiger partial charge in [-0.25, -0.2) is 0 Å². The smallest absolute Gasteiger partial charge is 0.294 e. The molecule has 0 radical (unpaired) electrons. The average Bonchev–Trinajstić information content (AvgIpc) is 3.19. The zero-order valence-electron chi connectivity index (χ0n) is 20.5. The highest BCUT2D eigenvalue weighted by atomic mass is 16.5. The van der Waals surface area contributed by atoms with Crippen molar-refractivity contribution >= 4 is 23.0 Å². The number of amides is 1. The number of ether oxygens (including phenoxy) is 1. The molecule has 2 aromatic rings. The van der Waals surface area contributed by atoms with Crippen molar-refractivity contribution in [2.75, 3.05) is 12.0 Å². The maximum Gasteiger partial charge on any atom is 0.294 e. The normalized spacial score (nSPS) is 19.2. The highest BCUT2D eigenvalue weighted by Gasteiger charge is 2.47. The molecular weight excluding hydrogens is 452 g/mol. The van der Waals surface area contributed by atoms with E-state index in [0.29, 0.717) is 17.0 Å². The van der Waals surface area contributed by atoms with Crippen LogP contribution >= 0.6 is 0 Å². The van der Waals surface area contributed by atoms with Crippen molar-refractivity contribution in [3.05, 3.63) is 102 Å². The van der Waals surface area contributed by atoms with Crippen LogP contribution in [0.3, 0.4) is 0 Å². The fraction of sp³-hybridized carbons (Fsp3) is 0.267. The summed E-state index contributed by atoms with van der Waals surface area (Å²) in [5.74, 6) is -0.616. The van der Waals surface area contributed by atoms with Crippen LogP contribution in [0.15, 0.2) is 90.9 Å². The minimum absolute atomic E-state index is 0.0857. The van der Waals surface area contributed by atoms with Crippen LogP contribution in [-0.4, -0.2) is 29.9 Å². The molecule has 0 bridgehead atoms. The third-order valence-electron chi connectivity index (χ3n) is 7.03. The summed E-state index contributed by atoms with van der Waals surface area (Å²) in [7, 11) is 1.56. The van der Waals surface area contributed by atoms with Crippen LogP contribution in [0.25, 0.3) is 5.57 Å². The van der Waals surface area contributed by atoms with E-state index >= 15 is 0 Å². The Hall–Kier alpha value is -4.06. The van der Waals surface area contributed by atoms with Crippen LogP contribution in [0, 0.1) is 5.92 Å². The van der Waals surface area contributed by atoms with Crippen molar-refractivity contribution < 1.29 is 19.4 Å². The standard InChI is InChI=1S/C30H32N2O4/c1-3-20(10-7-19-31)21-11-15-24(16-12-21)32-27(22-8-5-4-6-9-22)26(29(34)30(32)35)28(33)23-13-17-25(36-2)18-14-23/h3,7,10-19,22,27,34H,1,4-6,8-9,31H2,2H3/b19-7-,20-10+. The van der Waals surface area contributed by atoms with E-state index in [1.807, 2.05) is 30.3 Å². The molecule has 36 heavy (non-hydrogen) atoms. The maximum absolute atomic E-state index is 13.6. The summed E-state index contributed by atoms with van der Waals surface area (Å²) in [4.78, 5) is 28.7. The monoisotopic (exact) mass is 484 g/mol. The maximum atomic E-state index is 13.6. The molecule has 1 atom stereocenters. The number of nitrogens with two attached hydrogens (primary N) is 1. The van der Waals surface area contributed by atoms with Gasteiger partial charge in [0.15, 0.2) is 11.5 Å². The van der Waals surface area contributed by atoms with Gasteiger partial charge in [0.25, 0.3) is 5.91 Å². The predicted octanol–water partition coefficient (Wildman–Crippen LogP) is 5.73. The number of aliphatic hydroxyl groups excluding tert-OH is 1. The number of ketones is 1. The lowest BCUT2D eigenvalue weighted by molar-refractivity contribution is -0.117. The number of hydrogen-bond donors (Lipinski definition) is 2. The molecule has 1 aliphatic heterocycles. The summed E-state index contributed by atoms with van der Waals surface area (Å²) in [6.07, 6.45) is 11.8. The number of aliphatic hydroxyl groups is 1. The zero-order chi connectivity index (χ0) is 25.7. The van der Waals surface area contributed by atoms with Gasteiger partial charge in [0, 0.05) is 11.3 Å². The van der Waals surface area contributed by atoms with Crippen LogP contribution in [0.2, 0.25) is 0 Å². The van der Waals surface area contributed by atoms with Crippen molar-refractivity contribution in [1.29, 1.82) is 0 Å². The Bertz CT molecular complexity index is 1220. The molecule has 1 heterocycles. The first-order valence-electron chi connectivity index (χ1n) is 12.3. The summed E-state index contributed by atoms with van der Waals surface area (Å²) in [6.45, 7) is 3.86. The molecule has 0 aromatic heterocycles. The molecule has 1 fully saturated rings. The number of carbonyl (C=O) groups is 2. The van der Waals surface area contributed by atoms with Crippen LogP contribution in [0.5, 0.6) is 5.75 Å². The Morgan fingerprint density at radius 2 is 1.69 bits per heavy atom. The van der Waals surface area contributed by atoms with E-state index in [1.54, 1.807) is 48.4 Å². The van der Waals surface area contributed by atoms with E-state index in [-0.39, 0.29) is 17.3 Å². The zero-order valence-corrected chi connectivity index (χ0v) is 20.5. The number of hydrogen-bond acceptors (Lipinski definition) is 5. The van der Waals surface area contributed by atoms with Crippen LogP contribution in [0.4, 0.5) is 5.69 Å². The third kappa shape index (κ3) is 4.85. The van der Waals surface area contributed by atoms with Gasteiger partial charge < -0.3 is 15.6 Å². The lowest BCUT2D eigenvalue weighted by Crippen LogP contribution is -2.42. The Balaban J connectivity index is 1.73. The lowest BCUT2D eigenvalue weighted by Gasteiger charge is -2.35. The average molecular weight is 485 g/mol. The van der Waals surface area contributed by atoms with Crippen molar-refractivity contribution in [2.24, 2.45) is 11.7 Å². The van der Waals surface area contributed by atoms with Crippen molar-refractivity contribution in [3.63, 3.8) is 0 Å². The van der Waals surface area contributed by atoms with Crippen molar-refractivity contribution in [2.45, 2.75) is 38.1 Å². The topological polar surface area (TPSA) is 92.9 Å². The first kappa shape index (κ1) is 25.0. The fourth-order valence-corrected chi connectivity index (χ4v) is 5.19. The second-order valence-corrected chi connectivity index (χ2v) is 9.10. The highest BCUT2D eigenvalue weighted by Crippen LogP contribution is 2.41. The summed E-state index contributed by atoms with van der Waals surface area (Å²) < 4.78 is 5.20. The third-order valence-corrected chi connectivity index (χ3v) is 7.03. The van der Waals surface area contributed by atoms with Gasteiger partial charge in [-0.05, 0) is 78.6 Å². The van der Waals surface area contributed by atoms with Gasteiger partial charge in [-0.1, -0.05) is 50.1 Å². The van der Waals surface area contributed by atoms with E-state index in [1.165, 1.54) is 6.20 Å². The van der Waals surface area contributed by atoms with Gasteiger partial charge in [-0.2, -0.15) is 0 Å². The highest BCUT2D eigenvalue weighted by molar-refractivity contribution is 6.20. The first-order chi connectivity index (χ1) is 17.5. The molecular formula is C30H32N2O4. The number of carbonyl (C=O) groups excluding carboxylic acids is 2. The van der Waals surface area contributed by atoms with Gasteiger partial charge in [0.1, 0.15) is 5.75 Å². The van der Waals surface area contributed by atoms with Crippen LogP contribution in [-0.2, 0) is 4.79 Å². The Labute approximate surface area is 212 Å². The Morgan fingerprint density at radius 3 is 2.28 bits per heavy atom. The lowest BCUT2D eigenvalue weighted by atomic mass is 9.79. The van der Waals surface area contributed by atoms with Crippen molar-refractivity contribution in [3.8, 4) is 5.75 Å². The second-order valence-electron chi connectivity index (χ2n) is 9.10. The molecule has 1 unspecified atom stereocenters. The number of rotatable bonds is 8. The molecule has 3 N–H and O–H groups in total. The number of methoxy groups -OCH3 is 1. The van der Waals surface area contributed by atoms with Gasteiger partial charge in [-0.3, -0.25) is 14.5 Å². The minimum Gasteiger partial charge on any atom is -0.503 e. The number of Topliss-reactive ketones (excluding diaryl/α,β-unsaturated/α-hetero) is 1. The van der Waals surface area contributed by atoms with Crippen LogP contribution in [0.1, 0.15) is 48.0 Å². The second kappa shape index (κ2) is 11.1. The van der Waals surface area contributed by atoms with E-state index in [2.05, 4.69) is 6.58 Å². The summed E-state index contributed by atoms with van der Waals surface area (Å²) in [5.41, 5.74) is 8.50. The largest absolute Gasteiger partial charge is 0.503 e. The molecule has 1 amide bonds. The van der Waals surface area contributed by atoms with E-state index in [0.717, 1.165) is 43.2 Å². The van der Waals surface area contributed by atoms with Gasteiger partial charge in [-0.15, -0.1) is 0 Å². The number of benzene rings is 2. The molecule has 1 saturated carbocycles. The van der Waals surface area contributed by atoms with Crippen LogP contribution < -0.4 is 15.4 Å². The molecule has 186 valence electrons. The molecule has 2 aromatic carbocycles. The fourth-order valence-electron chi connectivity index (χ4n) is 5.19. The van der Waals surface area contributed by atoms with Gasteiger partial charge >= 0.3 is 0 Å². The van der Waals surface area contributed by atoms with Gasteiger partial charge in [0.05, 0.1) is 18.7 Å². The predicted molar refractivity (Wildman–Crippen MR) is 143 cm³/mol. The number of anilines is 1. The van der Waals surface area contributed by atoms with E-state index < -0.39 is 17.7 Å². The number of allylic oxidation sites excluding steroid dienone is 4. The van der Waals surface area contributed by atoms with E-state index in [4.69, 9.17) is 10.5 Å². The van der Waals surface area contributed by atoms with E-state index in [9.17, 15) is 14.7 Å². The molecule has 0 spiro atoms. The molecule has 2 aliphatic rings. The molecule has 6 nitrogen and oxygen atoms in total. The molecule has 0 saturated heterocycles. The molecule has 4 rings (SSSR count). The Kier molecular flexibility index (Phi) is 7.74. The Morgan fingerprint density at radius 1 is 1.06 bits per heavy atom. The molecule has 1 aliphatic carbocycles. The number of nitrogens with zero attached hydrogens (tertiary/aromatic N) is 1. The summed E-state index contributed by atoms with van der Waals surface area (Å²) >= 11 is 0. The molecule has 6 heteroatoms. The summed E-state index contributed by atoms with van der Waals surface area (Å²) in [6, 6.07) is 13.7. The van der Waals surface area contributed by atoms with Crippen molar-refractivity contribution in [1.82, 2.24) is 0 Å².